The van der Waals surface area contributed by atoms with Gasteiger partial charge in [0.2, 0.25) is 0 Å². The first-order valence-electron chi connectivity index (χ1n) is 11.6. The van der Waals surface area contributed by atoms with E-state index >= 15 is 0 Å². The number of hydrazone groups is 1. The summed E-state index contributed by atoms with van der Waals surface area (Å²) in [5.41, 5.74) is 3.72. The van der Waals surface area contributed by atoms with E-state index in [-0.39, 0.29) is 12.0 Å². The number of fused-ring (bicyclic) bond motifs is 1. The predicted octanol–water partition coefficient (Wildman–Crippen LogP) is 3.17. The highest BCUT2D eigenvalue weighted by molar-refractivity contribution is 6.00. The molecule has 1 aromatic heterocycles. The summed E-state index contributed by atoms with van der Waals surface area (Å²) in [6, 6.07) is 10.8. The van der Waals surface area contributed by atoms with Gasteiger partial charge in [0, 0.05) is 45.3 Å². The topological polar surface area (TPSA) is 99.4 Å². The smallest absolute Gasteiger partial charge is 0.271 e. The van der Waals surface area contributed by atoms with Crippen molar-refractivity contribution in [3.63, 3.8) is 0 Å². The van der Waals surface area contributed by atoms with Gasteiger partial charge in [-0.2, -0.15) is 10.2 Å². The number of aromatic nitrogens is 2. The van der Waals surface area contributed by atoms with E-state index in [2.05, 4.69) is 15.6 Å². The standard InChI is InChI=1S/C25H31N5O5/c1-29(2)17-26-28-25(31)18-14-19-16-27-30(3)24(19)23(15-18)35-22-6-4-20(5-7-22)33-12-13-34-21-8-10-32-11-9-21/h4-7,14-17,21H,8-13H2,1-3H3,(H,28,31). The molecule has 3 aromatic rings. The molecule has 2 aromatic carbocycles. The van der Waals surface area contributed by atoms with Crippen LogP contribution in [0, 0.1) is 0 Å². The fraction of sp³-hybridized carbons (Fsp3) is 0.400. The summed E-state index contributed by atoms with van der Waals surface area (Å²) in [7, 11) is 5.47. The normalized spacial score (nSPS) is 14.4. The number of nitrogens with one attached hydrogen (secondary N) is 1. The van der Waals surface area contributed by atoms with E-state index in [1.807, 2.05) is 45.4 Å². The lowest BCUT2D eigenvalue weighted by Crippen LogP contribution is -2.25. The maximum atomic E-state index is 12.6. The Labute approximate surface area is 204 Å². The van der Waals surface area contributed by atoms with Crippen LogP contribution in [-0.2, 0) is 16.5 Å². The predicted molar refractivity (Wildman–Crippen MR) is 132 cm³/mol. The Kier molecular flexibility index (Phi) is 8.17. The van der Waals surface area contributed by atoms with Gasteiger partial charge in [-0.1, -0.05) is 0 Å². The molecular formula is C25H31N5O5. The van der Waals surface area contributed by atoms with Crippen molar-refractivity contribution < 1.29 is 23.7 Å². The largest absolute Gasteiger partial charge is 0.491 e. The van der Waals surface area contributed by atoms with E-state index in [1.54, 1.807) is 27.9 Å². The number of carbonyl (C=O) groups is 1. The van der Waals surface area contributed by atoms with Crippen molar-refractivity contribution in [2.24, 2.45) is 12.1 Å². The molecule has 0 atom stereocenters. The van der Waals surface area contributed by atoms with Crippen molar-refractivity contribution in [1.29, 1.82) is 0 Å². The van der Waals surface area contributed by atoms with Gasteiger partial charge in [0.25, 0.3) is 5.91 Å². The van der Waals surface area contributed by atoms with E-state index in [1.165, 1.54) is 6.34 Å². The first-order valence-corrected chi connectivity index (χ1v) is 11.6. The van der Waals surface area contributed by atoms with Gasteiger partial charge in [-0.25, -0.2) is 5.43 Å². The highest BCUT2D eigenvalue weighted by atomic mass is 16.5. The Balaban J connectivity index is 1.39. The maximum Gasteiger partial charge on any atom is 0.271 e. The van der Waals surface area contributed by atoms with Gasteiger partial charge in [-0.15, -0.1) is 0 Å². The van der Waals surface area contributed by atoms with Gasteiger partial charge in [0.05, 0.1) is 18.9 Å². The quantitative estimate of drug-likeness (QED) is 0.205. The summed E-state index contributed by atoms with van der Waals surface area (Å²) in [6.45, 7) is 2.53. The maximum absolute atomic E-state index is 12.6. The molecule has 0 spiro atoms. The summed E-state index contributed by atoms with van der Waals surface area (Å²) in [4.78, 5) is 14.3. The first kappa shape index (κ1) is 24.5. The molecule has 186 valence electrons. The number of carbonyl (C=O) groups excluding carboxylic acids is 1. The van der Waals surface area contributed by atoms with Crippen LogP contribution >= 0.6 is 0 Å². The molecule has 1 fully saturated rings. The van der Waals surface area contributed by atoms with Crippen LogP contribution in [0.4, 0.5) is 0 Å². The minimum Gasteiger partial charge on any atom is -0.491 e. The van der Waals surface area contributed by atoms with Crippen molar-refractivity contribution in [3.8, 4) is 17.2 Å². The van der Waals surface area contributed by atoms with Gasteiger partial charge in [-0.05, 0) is 49.2 Å². The third-order valence-electron chi connectivity index (χ3n) is 5.44. The van der Waals surface area contributed by atoms with Crippen molar-refractivity contribution >= 4 is 23.1 Å². The number of nitrogens with zero attached hydrogens (tertiary/aromatic N) is 4. The average molecular weight is 482 g/mol. The number of hydrogen-bond donors (Lipinski definition) is 1. The summed E-state index contributed by atoms with van der Waals surface area (Å²) in [6.07, 6.45) is 5.33. The molecule has 0 bridgehead atoms. The van der Waals surface area contributed by atoms with E-state index in [0.717, 1.165) is 42.7 Å². The highest BCUT2D eigenvalue weighted by Crippen LogP contribution is 2.32. The van der Waals surface area contributed by atoms with Crippen LogP contribution in [0.1, 0.15) is 23.2 Å². The molecule has 0 radical (unpaired) electrons. The number of aryl methyl sites for hydroxylation is 1. The monoisotopic (exact) mass is 481 g/mol. The molecule has 1 amide bonds. The molecule has 1 saturated heterocycles. The van der Waals surface area contributed by atoms with Crippen molar-refractivity contribution in [3.05, 3.63) is 48.2 Å². The molecule has 0 unspecified atom stereocenters. The van der Waals surface area contributed by atoms with Gasteiger partial charge < -0.3 is 23.8 Å². The average Bonchev–Trinajstić information content (AvgIpc) is 3.24. The lowest BCUT2D eigenvalue weighted by atomic mass is 10.1. The first-order chi connectivity index (χ1) is 17.0. The highest BCUT2D eigenvalue weighted by Gasteiger charge is 2.16. The fourth-order valence-corrected chi connectivity index (χ4v) is 3.70. The van der Waals surface area contributed by atoms with E-state index < -0.39 is 0 Å². The minimum absolute atomic E-state index is 0.254. The molecule has 0 aliphatic carbocycles. The van der Waals surface area contributed by atoms with Crippen LogP contribution < -0.4 is 14.9 Å². The summed E-state index contributed by atoms with van der Waals surface area (Å²) >= 11 is 0. The van der Waals surface area contributed by atoms with Crippen LogP contribution in [0.3, 0.4) is 0 Å². The van der Waals surface area contributed by atoms with Crippen LogP contribution in [0.5, 0.6) is 17.2 Å². The van der Waals surface area contributed by atoms with Crippen molar-refractivity contribution in [2.45, 2.75) is 18.9 Å². The van der Waals surface area contributed by atoms with Crippen LogP contribution in [0.15, 0.2) is 47.7 Å². The Morgan fingerprint density at radius 1 is 1.20 bits per heavy atom. The van der Waals surface area contributed by atoms with Crippen molar-refractivity contribution in [1.82, 2.24) is 20.1 Å². The van der Waals surface area contributed by atoms with E-state index in [4.69, 9.17) is 18.9 Å². The fourth-order valence-electron chi connectivity index (χ4n) is 3.70. The lowest BCUT2D eigenvalue weighted by molar-refractivity contribution is -0.0388. The molecule has 1 aliphatic rings. The summed E-state index contributed by atoms with van der Waals surface area (Å²) in [5.74, 6) is 1.51. The minimum atomic E-state index is -0.342. The lowest BCUT2D eigenvalue weighted by Gasteiger charge is -2.22. The van der Waals surface area contributed by atoms with Gasteiger partial charge >= 0.3 is 0 Å². The SMILES string of the molecule is CN(C)C=NNC(=O)c1cc(Oc2ccc(OCCOC3CCOCC3)cc2)c2c(cnn2C)c1. The number of benzene rings is 2. The Morgan fingerprint density at radius 2 is 1.94 bits per heavy atom. The van der Waals surface area contributed by atoms with Gasteiger partial charge in [0.15, 0.2) is 5.75 Å². The van der Waals surface area contributed by atoms with Crippen LogP contribution in [-0.4, -0.2) is 73.6 Å². The van der Waals surface area contributed by atoms with Gasteiger partial charge in [-0.3, -0.25) is 9.48 Å². The Bertz CT molecular complexity index is 1150. The Morgan fingerprint density at radius 3 is 2.69 bits per heavy atom. The third-order valence-corrected chi connectivity index (χ3v) is 5.44. The Hall–Kier alpha value is -3.63. The number of amides is 1. The summed E-state index contributed by atoms with van der Waals surface area (Å²) < 4.78 is 24.8. The molecule has 2 heterocycles. The van der Waals surface area contributed by atoms with Crippen LogP contribution in [0.2, 0.25) is 0 Å². The second-order valence-electron chi connectivity index (χ2n) is 8.43. The number of ether oxygens (including phenoxy) is 4. The molecule has 0 saturated carbocycles. The molecule has 10 heteroatoms. The second kappa shape index (κ2) is 11.7. The molecule has 1 aliphatic heterocycles. The summed E-state index contributed by atoms with van der Waals surface area (Å²) in [5, 5.41) is 9.02. The molecule has 1 N–H and O–H groups in total. The van der Waals surface area contributed by atoms with E-state index in [9.17, 15) is 4.79 Å². The number of hydrogen-bond acceptors (Lipinski definition) is 7. The number of rotatable bonds is 10. The van der Waals surface area contributed by atoms with Gasteiger partial charge in [0.1, 0.15) is 30.0 Å². The van der Waals surface area contributed by atoms with Crippen LogP contribution in [0.25, 0.3) is 10.9 Å². The zero-order chi connectivity index (χ0) is 24.6. The third kappa shape index (κ3) is 6.71. The molecular weight excluding hydrogens is 450 g/mol. The zero-order valence-corrected chi connectivity index (χ0v) is 20.3. The second-order valence-corrected chi connectivity index (χ2v) is 8.43. The van der Waals surface area contributed by atoms with E-state index in [0.29, 0.717) is 30.3 Å². The zero-order valence-electron chi connectivity index (χ0n) is 20.3. The molecule has 4 rings (SSSR count). The van der Waals surface area contributed by atoms with Crippen molar-refractivity contribution in [2.75, 3.05) is 40.5 Å². The molecule has 35 heavy (non-hydrogen) atoms. The molecule has 10 nitrogen and oxygen atoms in total.